The van der Waals surface area contributed by atoms with Crippen LogP contribution >= 0.6 is 0 Å². The van der Waals surface area contributed by atoms with Gasteiger partial charge >= 0.3 is 54.5 Å². The van der Waals surface area contributed by atoms with Gasteiger partial charge in [-0.25, -0.2) is 0 Å². The van der Waals surface area contributed by atoms with Crippen molar-refractivity contribution in [1.82, 2.24) is 0 Å². The van der Waals surface area contributed by atoms with Crippen LogP contribution in [0.5, 0.6) is 0 Å². The summed E-state index contributed by atoms with van der Waals surface area (Å²) in [7, 11) is -24.3. The maximum absolute atomic E-state index is 12.4. The summed E-state index contributed by atoms with van der Waals surface area (Å²) in [6, 6.07) is 0. The molecule has 0 amide bonds. The fourth-order valence-electron chi connectivity index (χ4n) is 1.31. The van der Waals surface area contributed by atoms with Gasteiger partial charge in [0.1, 0.15) is 0 Å². The molecule has 0 atom stereocenters. The summed E-state index contributed by atoms with van der Waals surface area (Å²) in [5.41, 5.74) is 0. The topological polar surface area (TPSA) is 119 Å². The Bertz CT molecular complexity index is 577. The molecule has 0 aromatic carbocycles. The van der Waals surface area contributed by atoms with Crippen LogP contribution in [0.3, 0.4) is 0 Å². The van der Waals surface area contributed by atoms with E-state index in [9.17, 15) is 31.2 Å². The molecule has 0 saturated heterocycles. The molecule has 0 unspecified atom stereocenters. The highest BCUT2D eigenvalue weighted by Crippen LogP contribution is 2.04. The van der Waals surface area contributed by atoms with Gasteiger partial charge < -0.3 is 31.2 Å². The van der Waals surface area contributed by atoms with Crippen molar-refractivity contribution in [3.8, 4) is 0 Å². The van der Waals surface area contributed by atoms with E-state index >= 15 is 0 Å². The molecule has 0 heterocycles. The maximum Gasteiger partial charge on any atom is 0.376 e. The quantitative estimate of drug-likeness (QED) is 0.416. The van der Waals surface area contributed by atoms with E-state index < -0.39 is 69.9 Å². The highest BCUT2D eigenvalue weighted by molar-refractivity contribution is 7.82. The van der Waals surface area contributed by atoms with Crippen LogP contribution in [0.25, 0.3) is 0 Å². The zero-order valence-electron chi connectivity index (χ0n) is 12.4. The molecule has 0 N–H and O–H groups in total. The standard InChI is InChI=1S/C5H16O7Si9/c1-13(2)15(7)17(9)19(11)21(4,5)20(12)18(10)16(8)14(3)6/h13H,1-5H3. The summed E-state index contributed by atoms with van der Waals surface area (Å²) in [5.74, 6) is 0. The SMILES string of the molecule is C[Si](=O)[Si](=O)[Si](=O)[Si](=O)[Si](C)(C)[Si](=O)[Si](=O)[Si](=O)[SiH](C)C. The van der Waals surface area contributed by atoms with Crippen LogP contribution in [0, 0.1) is 0 Å². The monoisotopic (exact) mass is 440 g/mol. The summed E-state index contributed by atoms with van der Waals surface area (Å²) in [4.78, 5) is 0. The Morgan fingerprint density at radius 1 is 0.714 bits per heavy atom. The summed E-state index contributed by atoms with van der Waals surface area (Å²) in [6.07, 6.45) is 0. The molecule has 0 spiro atoms. The molecule has 0 aliphatic carbocycles. The van der Waals surface area contributed by atoms with Crippen molar-refractivity contribution in [3.63, 3.8) is 0 Å². The van der Waals surface area contributed by atoms with Gasteiger partial charge in [0.2, 0.25) is 0 Å². The number of rotatable bonds is 8. The first-order chi connectivity index (χ1) is 9.35. The smallest absolute Gasteiger partial charge is 0.376 e. The van der Waals surface area contributed by atoms with E-state index in [0.717, 1.165) is 0 Å². The lowest BCUT2D eigenvalue weighted by Gasteiger charge is -2.13. The van der Waals surface area contributed by atoms with Gasteiger partial charge in [0.15, 0.2) is 7.11 Å². The minimum atomic E-state index is -3.14. The maximum atomic E-state index is 12.4. The largest absolute Gasteiger partial charge is 0.389 e. The van der Waals surface area contributed by atoms with Gasteiger partial charge in [-0.1, -0.05) is 26.2 Å². The van der Waals surface area contributed by atoms with E-state index in [1.165, 1.54) is 19.6 Å². The Morgan fingerprint density at radius 2 is 1.10 bits per heavy atom. The third-order valence-corrected chi connectivity index (χ3v) is 79.8. The van der Waals surface area contributed by atoms with Crippen LogP contribution in [0.15, 0.2) is 0 Å². The predicted molar refractivity (Wildman–Crippen MR) is 87.3 cm³/mol. The van der Waals surface area contributed by atoms with Crippen LogP contribution in [0.1, 0.15) is 0 Å². The van der Waals surface area contributed by atoms with Gasteiger partial charge in [-0.2, -0.15) is 0 Å². The lowest BCUT2D eigenvalue weighted by atomic mass is 11.9. The molecule has 0 bridgehead atoms. The van der Waals surface area contributed by atoms with Crippen LogP contribution in [-0.4, -0.2) is 69.9 Å². The summed E-state index contributed by atoms with van der Waals surface area (Å²) < 4.78 is 83.7. The molecule has 0 rings (SSSR count). The molecule has 0 aromatic heterocycles. The fourth-order valence-corrected chi connectivity index (χ4v) is 107. The van der Waals surface area contributed by atoms with Crippen molar-refractivity contribution in [1.29, 1.82) is 0 Å². The first kappa shape index (κ1) is 21.6. The normalized spacial score (nSPS) is 11.0. The van der Waals surface area contributed by atoms with Gasteiger partial charge in [0.05, 0.1) is 8.31 Å². The molecule has 114 valence electrons. The predicted octanol–water partition coefficient (Wildman–Crippen LogP) is -1.61. The third kappa shape index (κ3) is 5.29. The minimum absolute atomic E-state index is 1.20. The van der Waals surface area contributed by atoms with Crippen molar-refractivity contribution in [2.45, 2.75) is 32.7 Å². The number of hydrogen-bond acceptors (Lipinski definition) is 7. The van der Waals surface area contributed by atoms with Gasteiger partial charge in [0, 0.05) is 0 Å². The van der Waals surface area contributed by atoms with Gasteiger partial charge in [-0.05, 0) is 6.55 Å². The molecule has 0 aliphatic heterocycles. The molecule has 0 fully saturated rings. The first-order valence-corrected chi connectivity index (χ1v) is 30.6. The molecule has 0 aliphatic rings. The second-order valence-electron chi connectivity index (χ2n) is 5.35. The Kier molecular flexibility index (Phi) is 8.64. The Balaban J connectivity index is 5.44. The van der Waals surface area contributed by atoms with E-state index in [4.69, 9.17) is 0 Å². The lowest BCUT2D eigenvalue weighted by Crippen LogP contribution is -2.62. The van der Waals surface area contributed by atoms with E-state index in [-0.39, 0.29) is 0 Å². The van der Waals surface area contributed by atoms with Gasteiger partial charge in [-0.3, -0.25) is 0 Å². The molecule has 16 heteroatoms. The molecular formula is C5H16O7Si9. The summed E-state index contributed by atoms with van der Waals surface area (Å²) in [6.45, 7) is 7.59. The van der Waals surface area contributed by atoms with E-state index in [1.807, 2.05) is 0 Å². The molecule has 0 radical (unpaired) electrons. The molecular weight excluding hydrogens is 425 g/mol. The zero-order chi connectivity index (χ0) is 17.1. The van der Waals surface area contributed by atoms with Gasteiger partial charge in [-0.15, -0.1) is 0 Å². The molecule has 0 saturated carbocycles. The molecule has 7 nitrogen and oxygen atoms in total. The van der Waals surface area contributed by atoms with Crippen molar-refractivity contribution >= 4 is 69.9 Å². The Labute approximate surface area is 133 Å². The van der Waals surface area contributed by atoms with Crippen molar-refractivity contribution in [2.75, 3.05) is 0 Å². The Morgan fingerprint density at radius 3 is 1.43 bits per heavy atom. The molecule has 21 heavy (non-hydrogen) atoms. The highest BCUT2D eigenvalue weighted by Gasteiger charge is 2.54. The van der Waals surface area contributed by atoms with Crippen LogP contribution < -0.4 is 0 Å². The first-order valence-electron chi connectivity index (χ1n) is 6.12. The van der Waals surface area contributed by atoms with Crippen LogP contribution in [0.2, 0.25) is 32.7 Å². The highest BCUT2D eigenvalue weighted by atomic mass is 30.0. The second kappa shape index (κ2) is 8.42. The fraction of sp³-hybridized carbons (Fsp3) is 1.00. The van der Waals surface area contributed by atoms with Gasteiger partial charge in [0.25, 0.3) is 0 Å². The van der Waals surface area contributed by atoms with E-state index in [2.05, 4.69) is 0 Å². The Hall–Kier alpha value is 0.552. The number of hydrogen-bond donors (Lipinski definition) is 0. The zero-order valence-corrected chi connectivity index (χ0v) is 21.6. The lowest BCUT2D eigenvalue weighted by molar-refractivity contribution is 0.542. The van der Waals surface area contributed by atoms with Crippen molar-refractivity contribution in [3.05, 3.63) is 0 Å². The average Bonchev–Trinajstić information content (AvgIpc) is 2.41. The van der Waals surface area contributed by atoms with Crippen molar-refractivity contribution < 1.29 is 31.2 Å². The van der Waals surface area contributed by atoms with E-state index in [1.54, 1.807) is 13.1 Å². The average molecular weight is 441 g/mol. The third-order valence-electron chi connectivity index (χ3n) is 2.82. The second-order valence-corrected chi connectivity index (χ2v) is 56.5. The summed E-state index contributed by atoms with van der Waals surface area (Å²) in [5, 5.41) is 0. The molecule has 0 aromatic rings. The van der Waals surface area contributed by atoms with E-state index in [0.29, 0.717) is 0 Å². The summed E-state index contributed by atoms with van der Waals surface area (Å²) >= 11 is 0. The van der Waals surface area contributed by atoms with Crippen LogP contribution in [0.4, 0.5) is 0 Å². The van der Waals surface area contributed by atoms with Crippen LogP contribution in [-0.2, 0) is 31.2 Å². The van der Waals surface area contributed by atoms with Crippen molar-refractivity contribution in [2.24, 2.45) is 0 Å². The minimum Gasteiger partial charge on any atom is -0.389 e.